The number of aliphatic carboxylic acids is 1. The summed E-state index contributed by atoms with van der Waals surface area (Å²) in [5, 5.41) is 12.3. The fraction of sp³-hybridized carbons (Fsp3) is 0.316. The van der Waals surface area contributed by atoms with Crippen LogP contribution in [-0.2, 0) is 11.2 Å². The Morgan fingerprint density at radius 1 is 1.33 bits per heavy atom. The van der Waals surface area contributed by atoms with Crippen LogP contribution in [0, 0.1) is 6.92 Å². The second-order valence-electron chi connectivity index (χ2n) is 6.39. The van der Waals surface area contributed by atoms with Crippen LogP contribution in [0.3, 0.4) is 0 Å². The number of rotatable bonds is 5. The van der Waals surface area contributed by atoms with E-state index in [1.807, 2.05) is 0 Å². The molecule has 0 fully saturated rings. The van der Waals surface area contributed by atoms with E-state index >= 15 is 0 Å². The van der Waals surface area contributed by atoms with Crippen molar-refractivity contribution in [1.82, 2.24) is 10.3 Å². The maximum Gasteiger partial charge on any atom is 0.330 e. The smallest absolute Gasteiger partial charge is 0.330 e. The zero-order valence-electron chi connectivity index (χ0n) is 14.9. The van der Waals surface area contributed by atoms with Crippen molar-refractivity contribution in [1.29, 1.82) is 0 Å². The number of hydrogen-bond donors (Lipinski definition) is 3. The molecule has 3 N–H and O–H groups in total. The van der Waals surface area contributed by atoms with E-state index in [0.29, 0.717) is 35.3 Å². The van der Waals surface area contributed by atoms with E-state index in [0.717, 1.165) is 12.1 Å². The summed E-state index contributed by atoms with van der Waals surface area (Å²) in [7, 11) is 1.45. The number of ether oxygens (including phenoxy) is 1. The highest BCUT2D eigenvalue weighted by Crippen LogP contribution is 2.29. The maximum atomic E-state index is 12.7. The summed E-state index contributed by atoms with van der Waals surface area (Å²) in [6.07, 6.45) is 1.87. The van der Waals surface area contributed by atoms with Gasteiger partial charge in [0.2, 0.25) is 0 Å². The van der Waals surface area contributed by atoms with E-state index in [9.17, 15) is 19.5 Å². The Hall–Kier alpha value is -2.80. The van der Waals surface area contributed by atoms with Crippen molar-refractivity contribution in [3.8, 4) is 5.75 Å². The molecule has 1 atom stereocenters. The topological polar surface area (TPSA) is 108 Å². The first-order valence-corrected chi connectivity index (χ1v) is 8.83. The number of carbonyl (C=O) groups is 3. The zero-order valence-corrected chi connectivity index (χ0v) is 15.6. The van der Waals surface area contributed by atoms with Crippen LogP contribution in [0.4, 0.5) is 0 Å². The van der Waals surface area contributed by atoms with Crippen LogP contribution in [-0.4, -0.2) is 34.9 Å². The van der Waals surface area contributed by atoms with Gasteiger partial charge in [-0.3, -0.25) is 9.59 Å². The number of Topliss-reactive ketones (excluding diaryl/α,β-unsaturated/α-hetero) is 1. The SMILES string of the molecule is COc1ccc(C(NC(=O)c2[nH]c3c(c2C)C(=O)CCC3)C(=O)O)cc1Cl. The second kappa shape index (κ2) is 7.44. The number of methoxy groups -OCH3 is 1. The van der Waals surface area contributed by atoms with E-state index in [4.69, 9.17) is 16.3 Å². The molecule has 7 nitrogen and oxygen atoms in total. The van der Waals surface area contributed by atoms with E-state index in [2.05, 4.69) is 10.3 Å². The summed E-state index contributed by atoms with van der Waals surface area (Å²) in [4.78, 5) is 39.5. The molecule has 0 spiro atoms. The summed E-state index contributed by atoms with van der Waals surface area (Å²) in [5.74, 6) is -1.41. The molecule has 0 saturated carbocycles. The normalized spacial score (nSPS) is 14.4. The van der Waals surface area contributed by atoms with Gasteiger partial charge >= 0.3 is 5.97 Å². The number of halogens is 1. The lowest BCUT2D eigenvalue weighted by Crippen LogP contribution is -2.34. The molecule has 1 aliphatic rings. The number of ketones is 1. The fourth-order valence-electron chi connectivity index (χ4n) is 3.35. The number of fused-ring (bicyclic) bond motifs is 1. The molecule has 0 saturated heterocycles. The molecule has 142 valence electrons. The molecule has 1 aliphatic carbocycles. The van der Waals surface area contributed by atoms with Crippen molar-refractivity contribution in [2.24, 2.45) is 0 Å². The third-order valence-corrected chi connectivity index (χ3v) is 4.99. The van der Waals surface area contributed by atoms with Gasteiger partial charge < -0.3 is 20.1 Å². The molecule has 0 aliphatic heterocycles. The van der Waals surface area contributed by atoms with Crippen LogP contribution in [0.2, 0.25) is 5.02 Å². The van der Waals surface area contributed by atoms with Gasteiger partial charge in [0.1, 0.15) is 11.4 Å². The van der Waals surface area contributed by atoms with Crippen LogP contribution in [0.5, 0.6) is 5.75 Å². The number of carboxylic acid groups (broad SMARTS) is 1. The van der Waals surface area contributed by atoms with Gasteiger partial charge in [-0.05, 0) is 43.0 Å². The number of aryl methyl sites for hydroxylation is 1. The standard InChI is InChI=1S/C19H19ClN2O5/c1-9-15-12(4-3-5-13(15)23)21-16(9)18(24)22-17(19(25)26)10-6-7-14(27-2)11(20)8-10/h6-8,17,21H,3-5H2,1-2H3,(H,22,24)(H,25,26). The van der Waals surface area contributed by atoms with Crippen LogP contribution >= 0.6 is 11.6 Å². The minimum atomic E-state index is -1.30. The Kier molecular flexibility index (Phi) is 5.23. The number of carbonyl (C=O) groups excluding carboxylic acids is 2. The molecule has 2 aromatic rings. The van der Waals surface area contributed by atoms with Crippen molar-refractivity contribution in [3.05, 3.63) is 51.3 Å². The third-order valence-electron chi connectivity index (χ3n) is 4.70. The van der Waals surface area contributed by atoms with Crippen LogP contribution < -0.4 is 10.1 Å². The van der Waals surface area contributed by atoms with Gasteiger partial charge in [-0.25, -0.2) is 4.79 Å². The summed E-state index contributed by atoms with van der Waals surface area (Å²) in [5.41, 5.74) is 2.34. The molecule has 1 amide bonds. The molecule has 8 heteroatoms. The fourth-order valence-corrected chi connectivity index (χ4v) is 3.62. The molecule has 1 aromatic heterocycles. The number of benzene rings is 1. The monoisotopic (exact) mass is 390 g/mol. The van der Waals surface area contributed by atoms with Crippen molar-refractivity contribution in [2.45, 2.75) is 32.2 Å². The third kappa shape index (κ3) is 3.55. The molecular weight excluding hydrogens is 372 g/mol. The minimum Gasteiger partial charge on any atom is -0.495 e. The highest BCUT2D eigenvalue weighted by Gasteiger charge is 2.29. The number of nitrogens with one attached hydrogen (secondary N) is 2. The van der Waals surface area contributed by atoms with E-state index in [1.165, 1.54) is 25.3 Å². The number of amides is 1. The van der Waals surface area contributed by atoms with Crippen LogP contribution in [0.25, 0.3) is 0 Å². The summed E-state index contributed by atoms with van der Waals surface area (Å²) >= 11 is 6.07. The van der Waals surface area contributed by atoms with Gasteiger partial charge in [0, 0.05) is 17.7 Å². The lowest BCUT2D eigenvalue weighted by molar-refractivity contribution is -0.139. The predicted octanol–water partition coefficient (Wildman–Crippen LogP) is 3.06. The number of carboxylic acids is 1. The first-order valence-electron chi connectivity index (χ1n) is 8.45. The number of aromatic amines is 1. The van der Waals surface area contributed by atoms with E-state index < -0.39 is 17.9 Å². The van der Waals surface area contributed by atoms with Crippen LogP contribution in [0.1, 0.15) is 56.6 Å². The second-order valence-corrected chi connectivity index (χ2v) is 6.80. The Morgan fingerprint density at radius 3 is 2.67 bits per heavy atom. The summed E-state index contributed by atoms with van der Waals surface area (Å²) in [6, 6.07) is 3.21. The van der Waals surface area contributed by atoms with Gasteiger partial charge in [0.25, 0.3) is 5.91 Å². The van der Waals surface area contributed by atoms with Gasteiger partial charge in [-0.1, -0.05) is 17.7 Å². The predicted molar refractivity (Wildman–Crippen MR) is 98.6 cm³/mol. The molecule has 1 heterocycles. The number of hydrogen-bond acceptors (Lipinski definition) is 4. The van der Waals surface area contributed by atoms with Crippen molar-refractivity contribution in [2.75, 3.05) is 7.11 Å². The Bertz CT molecular complexity index is 934. The van der Waals surface area contributed by atoms with Crippen molar-refractivity contribution in [3.63, 3.8) is 0 Å². The maximum absolute atomic E-state index is 12.7. The van der Waals surface area contributed by atoms with Gasteiger partial charge in [0.15, 0.2) is 11.8 Å². The Balaban J connectivity index is 1.90. The molecule has 1 aromatic carbocycles. The van der Waals surface area contributed by atoms with E-state index in [-0.39, 0.29) is 16.5 Å². The van der Waals surface area contributed by atoms with Crippen molar-refractivity contribution < 1.29 is 24.2 Å². The van der Waals surface area contributed by atoms with Gasteiger partial charge in [-0.15, -0.1) is 0 Å². The largest absolute Gasteiger partial charge is 0.495 e. The first-order chi connectivity index (χ1) is 12.8. The minimum absolute atomic E-state index is 0.000714. The molecular formula is C19H19ClN2O5. The molecule has 1 unspecified atom stereocenters. The average molecular weight is 391 g/mol. The van der Waals surface area contributed by atoms with Crippen molar-refractivity contribution >= 4 is 29.3 Å². The average Bonchev–Trinajstić information content (AvgIpc) is 2.97. The first kappa shape index (κ1) is 19.0. The highest BCUT2D eigenvalue weighted by molar-refractivity contribution is 6.32. The zero-order chi connectivity index (χ0) is 19.7. The lowest BCUT2D eigenvalue weighted by atomic mass is 9.94. The van der Waals surface area contributed by atoms with Crippen LogP contribution in [0.15, 0.2) is 18.2 Å². The summed E-state index contributed by atoms with van der Waals surface area (Å²) in [6.45, 7) is 1.69. The molecule has 0 bridgehead atoms. The molecule has 3 rings (SSSR count). The highest BCUT2D eigenvalue weighted by atomic mass is 35.5. The summed E-state index contributed by atoms with van der Waals surface area (Å²) < 4.78 is 5.06. The number of H-pyrrole nitrogens is 1. The molecule has 27 heavy (non-hydrogen) atoms. The molecule has 0 radical (unpaired) electrons. The van der Waals surface area contributed by atoms with Gasteiger partial charge in [-0.2, -0.15) is 0 Å². The van der Waals surface area contributed by atoms with Gasteiger partial charge in [0.05, 0.1) is 12.1 Å². The Labute approximate surface area is 160 Å². The Morgan fingerprint density at radius 2 is 2.07 bits per heavy atom. The lowest BCUT2D eigenvalue weighted by Gasteiger charge is -2.16. The van der Waals surface area contributed by atoms with E-state index in [1.54, 1.807) is 6.92 Å². The number of aromatic nitrogens is 1. The quantitative estimate of drug-likeness (QED) is 0.727.